The monoisotopic (exact) mass is 477 g/mol. The van der Waals surface area contributed by atoms with Crippen LogP contribution in [0.1, 0.15) is 87.5 Å². The zero-order chi connectivity index (χ0) is 24.8. The van der Waals surface area contributed by atoms with Crippen molar-refractivity contribution in [3.63, 3.8) is 0 Å². The maximum absolute atomic E-state index is 13.2. The van der Waals surface area contributed by atoms with Crippen molar-refractivity contribution in [1.29, 1.82) is 0 Å². The Bertz CT molecular complexity index is 963. The van der Waals surface area contributed by atoms with Crippen LogP contribution in [0.25, 0.3) is 0 Å². The summed E-state index contributed by atoms with van der Waals surface area (Å²) in [6.07, 6.45) is 4.66. The fourth-order valence-electron chi connectivity index (χ4n) is 5.74. The van der Waals surface area contributed by atoms with Crippen molar-refractivity contribution in [1.82, 2.24) is 10.2 Å². The van der Waals surface area contributed by atoms with Crippen LogP contribution in [0, 0.1) is 0 Å². The molecule has 2 aliphatic rings. The predicted octanol–water partition coefficient (Wildman–Crippen LogP) is 6.40. The number of hydrogen-bond acceptors (Lipinski definition) is 3. The minimum absolute atomic E-state index is 0.0107. The molecule has 0 atom stereocenters. The zero-order valence-corrected chi connectivity index (χ0v) is 22.0. The van der Waals surface area contributed by atoms with E-state index in [4.69, 9.17) is 4.74 Å². The summed E-state index contributed by atoms with van der Waals surface area (Å²) in [5.74, 6) is 0.693. The smallest absolute Gasteiger partial charge is 0.319 e. The number of carbonyl (C=O) groups excluding carboxylic acids is 1. The average Bonchev–Trinajstić information content (AvgIpc) is 3.34. The molecule has 2 fully saturated rings. The van der Waals surface area contributed by atoms with Crippen molar-refractivity contribution in [2.75, 3.05) is 38.2 Å². The summed E-state index contributed by atoms with van der Waals surface area (Å²) in [5, 5.41) is 6.50. The second-order valence-corrected chi connectivity index (χ2v) is 11.0. The van der Waals surface area contributed by atoms with Crippen LogP contribution in [-0.4, -0.2) is 43.8 Å². The Balaban J connectivity index is 1.47. The van der Waals surface area contributed by atoms with Crippen molar-refractivity contribution in [2.24, 2.45) is 0 Å². The molecule has 190 valence electrons. The molecule has 5 heteroatoms. The van der Waals surface area contributed by atoms with Gasteiger partial charge in [-0.25, -0.2) is 4.79 Å². The molecule has 1 saturated heterocycles. The number of ether oxygens (including phenoxy) is 1. The summed E-state index contributed by atoms with van der Waals surface area (Å²) in [6, 6.07) is 15.3. The molecular formula is C30H43N3O2. The van der Waals surface area contributed by atoms with Gasteiger partial charge in [-0.2, -0.15) is 0 Å². The van der Waals surface area contributed by atoms with Crippen LogP contribution in [0.4, 0.5) is 10.5 Å². The summed E-state index contributed by atoms with van der Waals surface area (Å²) in [5.41, 5.74) is 6.09. The maximum Gasteiger partial charge on any atom is 0.319 e. The topological polar surface area (TPSA) is 53.6 Å². The van der Waals surface area contributed by atoms with E-state index in [1.54, 1.807) is 0 Å². The van der Waals surface area contributed by atoms with E-state index in [-0.39, 0.29) is 11.4 Å². The summed E-state index contributed by atoms with van der Waals surface area (Å²) < 4.78 is 5.51. The van der Waals surface area contributed by atoms with Gasteiger partial charge in [0, 0.05) is 37.3 Å². The highest BCUT2D eigenvalue weighted by Gasteiger charge is 2.36. The lowest BCUT2D eigenvalue weighted by molar-refractivity contribution is 0.0342. The summed E-state index contributed by atoms with van der Waals surface area (Å²) >= 11 is 0. The first-order valence-corrected chi connectivity index (χ1v) is 13.5. The van der Waals surface area contributed by atoms with Gasteiger partial charge < -0.3 is 15.4 Å². The van der Waals surface area contributed by atoms with E-state index in [1.165, 1.54) is 35.1 Å². The summed E-state index contributed by atoms with van der Waals surface area (Å²) in [4.78, 5) is 15.6. The van der Waals surface area contributed by atoms with Gasteiger partial charge in [0.25, 0.3) is 0 Å². The number of benzene rings is 2. The van der Waals surface area contributed by atoms with Gasteiger partial charge in [-0.1, -0.05) is 83.0 Å². The second-order valence-electron chi connectivity index (χ2n) is 11.0. The number of nitrogens with zero attached hydrogens (tertiary/aromatic N) is 1. The number of amides is 2. The van der Waals surface area contributed by atoms with Gasteiger partial charge in [0.1, 0.15) is 0 Å². The van der Waals surface area contributed by atoms with E-state index in [1.807, 2.05) is 0 Å². The van der Waals surface area contributed by atoms with Crippen LogP contribution in [0.2, 0.25) is 0 Å². The standard InChI is InChI=1S/C30H43N3O2/c1-22(2)26-11-8-12-27(23(3)4)28(26)32-29(34)31-21-30(13-5-6-14-30)25-10-7-9-24(19-25)20-33-15-17-35-18-16-33/h7-12,19,22-23H,5-6,13-18,20-21H2,1-4H3,(H2,31,32,34). The largest absolute Gasteiger partial charge is 0.379 e. The van der Waals surface area contributed by atoms with E-state index in [9.17, 15) is 4.79 Å². The van der Waals surface area contributed by atoms with Crippen molar-refractivity contribution >= 4 is 11.7 Å². The SMILES string of the molecule is CC(C)c1cccc(C(C)C)c1NC(=O)NCC1(c2cccc(CN3CCOCC3)c2)CCCC1. The Morgan fingerprint density at radius 2 is 1.60 bits per heavy atom. The summed E-state index contributed by atoms with van der Waals surface area (Å²) in [7, 11) is 0. The Hall–Kier alpha value is -2.37. The van der Waals surface area contributed by atoms with Crippen molar-refractivity contribution in [2.45, 2.75) is 77.2 Å². The third-order valence-corrected chi connectivity index (χ3v) is 7.81. The fourth-order valence-corrected chi connectivity index (χ4v) is 5.74. The Morgan fingerprint density at radius 3 is 2.23 bits per heavy atom. The molecule has 2 N–H and O–H groups in total. The predicted molar refractivity (Wildman–Crippen MR) is 144 cm³/mol. The number of anilines is 1. The normalized spacial score (nSPS) is 18.2. The molecule has 1 aliphatic heterocycles. The van der Waals surface area contributed by atoms with Crippen LogP contribution in [0.5, 0.6) is 0 Å². The van der Waals surface area contributed by atoms with Gasteiger partial charge >= 0.3 is 6.03 Å². The van der Waals surface area contributed by atoms with Gasteiger partial charge in [-0.05, 0) is 46.9 Å². The molecular weight excluding hydrogens is 434 g/mol. The molecule has 35 heavy (non-hydrogen) atoms. The molecule has 0 bridgehead atoms. The highest BCUT2D eigenvalue weighted by atomic mass is 16.5. The molecule has 1 heterocycles. The van der Waals surface area contributed by atoms with Gasteiger partial charge in [0.2, 0.25) is 0 Å². The highest BCUT2D eigenvalue weighted by Crippen LogP contribution is 2.41. The third kappa shape index (κ3) is 6.25. The van der Waals surface area contributed by atoms with Gasteiger partial charge in [0.05, 0.1) is 13.2 Å². The van der Waals surface area contributed by atoms with Crippen molar-refractivity contribution in [3.8, 4) is 0 Å². The lowest BCUT2D eigenvalue weighted by Gasteiger charge is -2.31. The molecule has 0 aromatic heterocycles. The molecule has 0 unspecified atom stereocenters. The minimum Gasteiger partial charge on any atom is -0.379 e. The first-order chi connectivity index (χ1) is 16.9. The van der Waals surface area contributed by atoms with E-state index >= 15 is 0 Å². The first kappa shape index (κ1) is 25.7. The van der Waals surface area contributed by atoms with E-state index in [0.717, 1.165) is 51.4 Å². The summed E-state index contributed by atoms with van der Waals surface area (Å²) in [6.45, 7) is 14.0. The molecule has 2 amide bonds. The lowest BCUT2D eigenvalue weighted by atomic mass is 9.78. The van der Waals surface area contributed by atoms with Crippen LogP contribution in [0.3, 0.4) is 0 Å². The van der Waals surface area contributed by atoms with Crippen LogP contribution < -0.4 is 10.6 Å². The zero-order valence-electron chi connectivity index (χ0n) is 22.0. The lowest BCUT2D eigenvalue weighted by Crippen LogP contribution is -2.41. The molecule has 2 aromatic rings. The fraction of sp³-hybridized carbons (Fsp3) is 0.567. The molecule has 4 rings (SSSR count). The molecule has 2 aromatic carbocycles. The number of rotatable bonds is 8. The van der Waals surface area contributed by atoms with Gasteiger partial charge in [0.15, 0.2) is 0 Å². The Labute approximate surface area is 211 Å². The molecule has 5 nitrogen and oxygen atoms in total. The number of para-hydroxylation sites is 1. The third-order valence-electron chi connectivity index (χ3n) is 7.81. The van der Waals surface area contributed by atoms with Gasteiger partial charge in [-0.15, -0.1) is 0 Å². The number of urea groups is 1. The molecule has 0 spiro atoms. The number of nitrogens with one attached hydrogen (secondary N) is 2. The average molecular weight is 478 g/mol. The Kier molecular flexibility index (Phi) is 8.51. The number of morpholine rings is 1. The highest BCUT2D eigenvalue weighted by molar-refractivity contribution is 5.91. The van der Waals surface area contributed by atoms with E-state index in [2.05, 4.69) is 85.7 Å². The Morgan fingerprint density at radius 1 is 0.971 bits per heavy atom. The quantitative estimate of drug-likeness (QED) is 0.463. The van der Waals surface area contributed by atoms with Crippen LogP contribution in [0.15, 0.2) is 42.5 Å². The molecule has 0 radical (unpaired) electrons. The van der Waals surface area contributed by atoms with Crippen LogP contribution >= 0.6 is 0 Å². The number of hydrogen-bond donors (Lipinski definition) is 2. The van der Waals surface area contributed by atoms with E-state index in [0.29, 0.717) is 18.4 Å². The molecule has 1 aliphatic carbocycles. The maximum atomic E-state index is 13.2. The second kappa shape index (κ2) is 11.6. The molecule has 1 saturated carbocycles. The van der Waals surface area contributed by atoms with Crippen molar-refractivity contribution < 1.29 is 9.53 Å². The van der Waals surface area contributed by atoms with E-state index < -0.39 is 0 Å². The number of carbonyl (C=O) groups is 1. The van der Waals surface area contributed by atoms with Gasteiger partial charge in [-0.3, -0.25) is 4.90 Å². The van der Waals surface area contributed by atoms with Crippen LogP contribution in [-0.2, 0) is 16.7 Å². The first-order valence-electron chi connectivity index (χ1n) is 13.5. The minimum atomic E-state index is -0.101. The van der Waals surface area contributed by atoms with Crippen molar-refractivity contribution in [3.05, 3.63) is 64.7 Å².